The van der Waals surface area contributed by atoms with Gasteiger partial charge in [0, 0.05) is 25.1 Å². The van der Waals surface area contributed by atoms with Crippen LogP contribution in [0.4, 0.5) is 6.01 Å². The molecule has 1 aliphatic heterocycles. The van der Waals surface area contributed by atoms with Gasteiger partial charge in [0.2, 0.25) is 0 Å². The Morgan fingerprint density at radius 1 is 1.44 bits per heavy atom. The van der Waals surface area contributed by atoms with Crippen molar-refractivity contribution in [3.8, 4) is 0 Å². The van der Waals surface area contributed by atoms with Crippen LogP contribution in [0.3, 0.4) is 0 Å². The fraction of sp³-hybridized carbons (Fsp3) is 0.417. The lowest BCUT2D eigenvalue weighted by molar-refractivity contribution is 0.316. The minimum Gasteiger partial charge on any atom is -0.432 e. The molecule has 3 rings (SSSR count). The van der Waals surface area contributed by atoms with E-state index in [0.717, 1.165) is 18.8 Å². The molecule has 0 amide bonds. The number of hydrogen-bond acceptors (Lipinski definition) is 5. The smallest absolute Gasteiger partial charge is 0.297 e. The van der Waals surface area contributed by atoms with Gasteiger partial charge in [0.1, 0.15) is 6.26 Å². The number of rotatable bonds is 3. The van der Waals surface area contributed by atoms with Gasteiger partial charge in [-0.15, -0.1) is 0 Å². The maximum atomic E-state index is 11.6. The first-order valence-electron chi connectivity index (χ1n) is 5.91. The second-order valence-electron chi connectivity index (χ2n) is 4.58. The molecule has 1 aliphatic rings. The summed E-state index contributed by atoms with van der Waals surface area (Å²) in [6, 6.07) is 3.95. The molecule has 2 aromatic heterocycles. The summed E-state index contributed by atoms with van der Waals surface area (Å²) < 4.78 is 6.74. The number of aryl methyl sites for hydroxylation is 1. The summed E-state index contributed by atoms with van der Waals surface area (Å²) in [4.78, 5) is 17.7. The summed E-state index contributed by atoms with van der Waals surface area (Å²) in [5.41, 5.74) is 0.814. The molecule has 0 aromatic carbocycles. The van der Waals surface area contributed by atoms with Crippen molar-refractivity contribution in [1.82, 2.24) is 14.8 Å². The zero-order valence-electron chi connectivity index (χ0n) is 10.1. The fourth-order valence-corrected chi connectivity index (χ4v) is 2.14. The zero-order chi connectivity index (χ0) is 12.5. The molecule has 3 heterocycles. The Balaban J connectivity index is 1.63. The minimum atomic E-state index is -0.0461. The molecular weight excluding hydrogens is 232 g/mol. The van der Waals surface area contributed by atoms with Crippen molar-refractivity contribution in [3.05, 3.63) is 40.6 Å². The molecule has 2 aromatic rings. The summed E-state index contributed by atoms with van der Waals surface area (Å²) in [5.74, 6) is 0.420. The molecule has 1 fully saturated rings. The van der Waals surface area contributed by atoms with Crippen LogP contribution in [-0.2, 0) is 6.54 Å². The van der Waals surface area contributed by atoms with Gasteiger partial charge in [0.25, 0.3) is 11.6 Å². The highest BCUT2D eigenvalue weighted by molar-refractivity contribution is 5.29. The molecule has 94 valence electrons. The summed E-state index contributed by atoms with van der Waals surface area (Å²) in [6.07, 6.45) is 3.20. The number of nitrogens with zero attached hydrogens (tertiary/aromatic N) is 4. The third-order valence-corrected chi connectivity index (χ3v) is 3.08. The normalized spacial score (nSPS) is 15.7. The summed E-state index contributed by atoms with van der Waals surface area (Å²) in [6.45, 7) is 4.23. The molecule has 0 aliphatic carbocycles. The predicted octanol–water partition coefficient (Wildman–Crippen LogP) is 0.676. The van der Waals surface area contributed by atoms with E-state index in [0.29, 0.717) is 18.5 Å². The van der Waals surface area contributed by atoms with E-state index in [9.17, 15) is 4.79 Å². The van der Waals surface area contributed by atoms with Crippen LogP contribution in [0, 0.1) is 12.8 Å². The monoisotopic (exact) mass is 246 g/mol. The molecule has 0 radical (unpaired) electrons. The third-order valence-electron chi connectivity index (χ3n) is 3.08. The average molecular weight is 246 g/mol. The van der Waals surface area contributed by atoms with E-state index in [1.165, 1.54) is 4.68 Å². The highest BCUT2D eigenvalue weighted by Gasteiger charge is 2.30. The quantitative estimate of drug-likeness (QED) is 0.796. The van der Waals surface area contributed by atoms with Crippen molar-refractivity contribution in [2.24, 2.45) is 5.92 Å². The Hall–Kier alpha value is -2.11. The molecule has 0 saturated carbocycles. The van der Waals surface area contributed by atoms with Gasteiger partial charge >= 0.3 is 0 Å². The van der Waals surface area contributed by atoms with Crippen molar-refractivity contribution in [3.63, 3.8) is 0 Å². The molecular formula is C12H14N4O2. The number of oxazole rings is 1. The van der Waals surface area contributed by atoms with E-state index in [2.05, 4.69) is 10.1 Å². The van der Waals surface area contributed by atoms with Crippen LogP contribution in [0.1, 0.15) is 5.69 Å². The number of anilines is 1. The van der Waals surface area contributed by atoms with Crippen molar-refractivity contribution >= 4 is 6.01 Å². The first-order chi connectivity index (χ1) is 8.72. The Bertz CT molecular complexity index is 584. The third kappa shape index (κ3) is 2.01. The maximum absolute atomic E-state index is 11.6. The Morgan fingerprint density at radius 3 is 3.00 bits per heavy atom. The van der Waals surface area contributed by atoms with Crippen LogP contribution in [0.15, 0.2) is 33.8 Å². The van der Waals surface area contributed by atoms with Crippen LogP contribution in [0.2, 0.25) is 0 Å². The van der Waals surface area contributed by atoms with Gasteiger partial charge in [-0.3, -0.25) is 4.79 Å². The second-order valence-corrected chi connectivity index (χ2v) is 4.58. The number of hydrogen-bond donors (Lipinski definition) is 0. The van der Waals surface area contributed by atoms with Crippen LogP contribution in [-0.4, -0.2) is 27.9 Å². The van der Waals surface area contributed by atoms with Gasteiger partial charge in [-0.1, -0.05) is 0 Å². The molecule has 0 N–H and O–H groups in total. The predicted molar refractivity (Wildman–Crippen MR) is 65.4 cm³/mol. The van der Waals surface area contributed by atoms with E-state index in [1.807, 2.05) is 11.8 Å². The second kappa shape index (κ2) is 4.29. The fourth-order valence-electron chi connectivity index (χ4n) is 2.14. The van der Waals surface area contributed by atoms with Crippen molar-refractivity contribution in [2.75, 3.05) is 18.0 Å². The molecule has 0 bridgehead atoms. The SMILES string of the molecule is Cc1ccc(=O)n(CC2CN(c3ncco3)C2)n1. The lowest BCUT2D eigenvalue weighted by Crippen LogP contribution is -2.49. The largest absolute Gasteiger partial charge is 0.432 e. The lowest BCUT2D eigenvalue weighted by Gasteiger charge is -2.37. The van der Waals surface area contributed by atoms with Crippen molar-refractivity contribution in [1.29, 1.82) is 0 Å². The maximum Gasteiger partial charge on any atom is 0.297 e. The first-order valence-corrected chi connectivity index (χ1v) is 5.91. The van der Waals surface area contributed by atoms with Gasteiger partial charge in [0.05, 0.1) is 18.4 Å². The summed E-state index contributed by atoms with van der Waals surface area (Å²) in [5, 5.41) is 4.23. The lowest BCUT2D eigenvalue weighted by atomic mass is 10.0. The molecule has 6 heteroatoms. The van der Waals surface area contributed by atoms with Crippen LogP contribution in [0.25, 0.3) is 0 Å². The average Bonchev–Trinajstić information content (AvgIpc) is 2.80. The summed E-state index contributed by atoms with van der Waals surface area (Å²) in [7, 11) is 0. The van der Waals surface area contributed by atoms with Crippen LogP contribution < -0.4 is 10.5 Å². The van der Waals surface area contributed by atoms with Crippen LogP contribution >= 0.6 is 0 Å². The van der Waals surface area contributed by atoms with Gasteiger partial charge in [-0.25, -0.2) is 9.67 Å². The van der Waals surface area contributed by atoms with E-state index in [4.69, 9.17) is 4.42 Å². The van der Waals surface area contributed by atoms with E-state index in [-0.39, 0.29) is 5.56 Å². The zero-order valence-corrected chi connectivity index (χ0v) is 10.1. The molecule has 18 heavy (non-hydrogen) atoms. The highest BCUT2D eigenvalue weighted by atomic mass is 16.4. The van der Waals surface area contributed by atoms with Crippen LogP contribution in [0.5, 0.6) is 0 Å². The number of aromatic nitrogens is 3. The Labute approximate surface area is 104 Å². The highest BCUT2D eigenvalue weighted by Crippen LogP contribution is 2.23. The molecule has 1 saturated heterocycles. The summed E-state index contributed by atoms with van der Waals surface area (Å²) >= 11 is 0. The van der Waals surface area contributed by atoms with Gasteiger partial charge in [0.15, 0.2) is 0 Å². The Morgan fingerprint density at radius 2 is 2.28 bits per heavy atom. The standard InChI is InChI=1S/C12H14N4O2/c1-9-2-3-11(17)16(14-9)8-10-6-15(7-10)12-13-4-5-18-12/h2-5,10H,6-8H2,1H3. The van der Waals surface area contributed by atoms with Gasteiger partial charge in [-0.2, -0.15) is 5.10 Å². The minimum absolute atomic E-state index is 0.0461. The van der Waals surface area contributed by atoms with E-state index >= 15 is 0 Å². The van der Waals surface area contributed by atoms with Gasteiger partial charge < -0.3 is 9.32 Å². The van der Waals surface area contributed by atoms with Gasteiger partial charge in [-0.05, 0) is 13.0 Å². The topological polar surface area (TPSA) is 64.2 Å². The molecule has 0 atom stereocenters. The molecule has 6 nitrogen and oxygen atoms in total. The first kappa shape index (κ1) is 11.0. The Kier molecular flexibility index (Phi) is 2.62. The van der Waals surface area contributed by atoms with Crippen molar-refractivity contribution < 1.29 is 4.42 Å². The van der Waals surface area contributed by atoms with E-state index in [1.54, 1.807) is 24.6 Å². The van der Waals surface area contributed by atoms with E-state index < -0.39 is 0 Å². The molecule has 0 spiro atoms. The molecule has 0 unspecified atom stereocenters. The van der Waals surface area contributed by atoms with Crippen molar-refractivity contribution in [2.45, 2.75) is 13.5 Å².